The van der Waals surface area contributed by atoms with Gasteiger partial charge in [0.25, 0.3) is 10.0 Å². The second kappa shape index (κ2) is 9.95. The molecule has 0 saturated carbocycles. The number of nitrogens with zero attached hydrogens (tertiary/aromatic N) is 4. The van der Waals surface area contributed by atoms with Gasteiger partial charge < -0.3 is 9.72 Å². The quantitative estimate of drug-likeness (QED) is 0.268. The molecule has 0 radical (unpaired) electrons. The predicted octanol–water partition coefficient (Wildman–Crippen LogP) is 5.33. The molecule has 0 aliphatic rings. The Labute approximate surface area is 216 Å². The topological polar surface area (TPSA) is 93.1 Å². The number of ether oxygens (including phenoxy) is 1. The SMILES string of the molecule is CCn1cc(-c2ccnc3[nH]ccc23)c(-c2cccc(N(COC)S(=O)(=O)c3cc(F)ccc3F)c2F)n1. The van der Waals surface area contributed by atoms with E-state index < -0.39 is 44.8 Å². The van der Waals surface area contributed by atoms with Gasteiger partial charge in [-0.25, -0.2) is 30.9 Å². The number of nitrogens with one attached hydrogen (secondary N) is 1. The number of pyridine rings is 1. The summed E-state index contributed by atoms with van der Waals surface area (Å²) in [6.45, 7) is 1.73. The molecule has 0 fully saturated rings. The molecule has 0 saturated heterocycles. The van der Waals surface area contributed by atoms with Crippen LogP contribution < -0.4 is 4.31 Å². The van der Waals surface area contributed by atoms with Crippen LogP contribution in [0.4, 0.5) is 18.9 Å². The Kier molecular flexibility index (Phi) is 6.67. The van der Waals surface area contributed by atoms with Crippen molar-refractivity contribution in [2.75, 3.05) is 18.1 Å². The smallest absolute Gasteiger partial charge is 0.269 e. The maximum absolute atomic E-state index is 16.2. The van der Waals surface area contributed by atoms with E-state index in [2.05, 4.69) is 15.1 Å². The van der Waals surface area contributed by atoms with Crippen molar-refractivity contribution in [1.82, 2.24) is 19.7 Å². The molecule has 196 valence electrons. The third-order valence-electron chi connectivity index (χ3n) is 6.05. The minimum absolute atomic E-state index is 0.0150. The number of hydrogen-bond acceptors (Lipinski definition) is 5. The Hall–Kier alpha value is -4.16. The van der Waals surface area contributed by atoms with E-state index in [1.165, 1.54) is 25.3 Å². The first-order chi connectivity index (χ1) is 18.3. The van der Waals surface area contributed by atoms with Gasteiger partial charge in [0.05, 0.1) is 5.69 Å². The summed E-state index contributed by atoms with van der Waals surface area (Å²) >= 11 is 0. The number of halogens is 3. The van der Waals surface area contributed by atoms with Crippen molar-refractivity contribution in [3.05, 3.63) is 84.6 Å². The van der Waals surface area contributed by atoms with E-state index in [-0.39, 0.29) is 11.3 Å². The monoisotopic (exact) mass is 541 g/mol. The molecule has 0 spiro atoms. The Morgan fingerprint density at radius 3 is 2.63 bits per heavy atom. The number of benzene rings is 2. The summed E-state index contributed by atoms with van der Waals surface area (Å²) in [6.07, 6.45) is 5.13. The van der Waals surface area contributed by atoms with Gasteiger partial charge in [-0.1, -0.05) is 6.07 Å². The lowest BCUT2D eigenvalue weighted by atomic mass is 9.99. The summed E-state index contributed by atoms with van der Waals surface area (Å²) in [6, 6.07) is 9.82. The number of hydrogen-bond donors (Lipinski definition) is 1. The van der Waals surface area contributed by atoms with Crippen molar-refractivity contribution in [2.24, 2.45) is 0 Å². The number of aryl methyl sites for hydroxylation is 1. The van der Waals surface area contributed by atoms with Gasteiger partial charge in [-0.2, -0.15) is 5.10 Å². The van der Waals surface area contributed by atoms with E-state index >= 15 is 4.39 Å². The molecule has 0 bridgehead atoms. The van der Waals surface area contributed by atoms with Gasteiger partial charge in [-0.3, -0.25) is 4.68 Å². The van der Waals surface area contributed by atoms with Crippen LogP contribution in [-0.2, 0) is 21.3 Å². The van der Waals surface area contributed by atoms with Gasteiger partial charge in [-0.15, -0.1) is 0 Å². The molecule has 5 aromatic rings. The normalized spacial score (nSPS) is 11.8. The van der Waals surface area contributed by atoms with Crippen molar-refractivity contribution in [2.45, 2.75) is 18.4 Å². The van der Waals surface area contributed by atoms with Gasteiger partial charge in [0.1, 0.15) is 34.6 Å². The van der Waals surface area contributed by atoms with Crippen molar-refractivity contribution < 1.29 is 26.3 Å². The molecule has 12 heteroatoms. The highest BCUT2D eigenvalue weighted by molar-refractivity contribution is 7.92. The van der Waals surface area contributed by atoms with Crippen LogP contribution in [0.2, 0.25) is 0 Å². The number of H-pyrrole nitrogens is 1. The standard InChI is InChI=1S/C26H22F3N5O3S/c1-3-33-14-20(17-9-11-30-26-18(17)10-12-31-26)25(32-33)19-5-4-6-22(24(19)29)34(15-37-2)38(35,36)23-13-16(27)7-8-21(23)28/h4-14H,3,15H2,1-2H3,(H,30,31). The van der Waals surface area contributed by atoms with Crippen LogP contribution in [0, 0.1) is 17.5 Å². The zero-order valence-corrected chi connectivity index (χ0v) is 21.1. The minimum Gasteiger partial charge on any atom is -0.363 e. The lowest BCUT2D eigenvalue weighted by Gasteiger charge is -2.25. The molecule has 0 atom stereocenters. The van der Waals surface area contributed by atoms with Gasteiger partial charge in [-0.05, 0) is 55.0 Å². The summed E-state index contributed by atoms with van der Waals surface area (Å²) in [5.41, 5.74) is 1.87. The first kappa shape index (κ1) is 25.5. The van der Waals surface area contributed by atoms with Crippen molar-refractivity contribution in [3.63, 3.8) is 0 Å². The molecule has 1 N–H and O–H groups in total. The third-order valence-corrected chi connectivity index (χ3v) is 7.80. The van der Waals surface area contributed by atoms with Crippen LogP contribution in [0.15, 0.2) is 72.0 Å². The van der Waals surface area contributed by atoms with Crippen LogP contribution in [0.5, 0.6) is 0 Å². The van der Waals surface area contributed by atoms with E-state index in [1.807, 2.05) is 13.0 Å². The fourth-order valence-electron chi connectivity index (χ4n) is 4.25. The van der Waals surface area contributed by atoms with E-state index in [1.54, 1.807) is 29.3 Å². The van der Waals surface area contributed by atoms with Crippen LogP contribution >= 0.6 is 0 Å². The highest BCUT2D eigenvalue weighted by Gasteiger charge is 2.32. The molecule has 8 nitrogen and oxygen atoms in total. The third kappa shape index (κ3) is 4.31. The van der Waals surface area contributed by atoms with E-state index in [4.69, 9.17) is 4.74 Å². The summed E-state index contributed by atoms with van der Waals surface area (Å²) in [5.74, 6) is -3.06. The van der Waals surface area contributed by atoms with E-state index in [0.717, 1.165) is 17.0 Å². The number of aromatic amines is 1. The number of methoxy groups -OCH3 is 1. The highest BCUT2D eigenvalue weighted by atomic mass is 32.2. The average molecular weight is 542 g/mol. The maximum Gasteiger partial charge on any atom is 0.269 e. The number of sulfonamides is 1. The zero-order valence-electron chi connectivity index (χ0n) is 20.3. The van der Waals surface area contributed by atoms with Crippen LogP contribution in [-0.4, -0.2) is 42.0 Å². The molecule has 0 unspecified atom stereocenters. The van der Waals surface area contributed by atoms with Crippen molar-refractivity contribution >= 4 is 26.7 Å². The van der Waals surface area contributed by atoms with Crippen LogP contribution in [0.25, 0.3) is 33.4 Å². The fourth-order valence-corrected chi connectivity index (χ4v) is 5.71. The second-order valence-electron chi connectivity index (χ2n) is 8.33. The first-order valence-electron chi connectivity index (χ1n) is 11.5. The largest absolute Gasteiger partial charge is 0.363 e. The maximum atomic E-state index is 16.2. The summed E-state index contributed by atoms with van der Waals surface area (Å²) in [5, 5.41) is 5.35. The minimum atomic E-state index is -4.76. The molecule has 0 amide bonds. The van der Waals surface area contributed by atoms with E-state index in [9.17, 15) is 17.2 Å². The molecule has 0 aliphatic heterocycles. The summed E-state index contributed by atoms with van der Waals surface area (Å²) < 4.78 is 78.6. The molecule has 38 heavy (non-hydrogen) atoms. The number of anilines is 1. The lowest BCUT2D eigenvalue weighted by Crippen LogP contribution is -2.34. The number of rotatable bonds is 8. The Balaban J connectivity index is 1.70. The molecule has 3 aromatic heterocycles. The second-order valence-corrected chi connectivity index (χ2v) is 10.2. The fraction of sp³-hybridized carbons (Fsp3) is 0.154. The average Bonchev–Trinajstić information content (AvgIpc) is 3.56. The lowest BCUT2D eigenvalue weighted by molar-refractivity contribution is 0.209. The predicted molar refractivity (Wildman–Crippen MR) is 136 cm³/mol. The van der Waals surface area contributed by atoms with Crippen LogP contribution in [0.1, 0.15) is 6.92 Å². The van der Waals surface area contributed by atoms with Crippen molar-refractivity contribution in [3.8, 4) is 22.4 Å². The number of aromatic nitrogens is 4. The van der Waals surface area contributed by atoms with Crippen LogP contribution in [0.3, 0.4) is 0 Å². The summed E-state index contributed by atoms with van der Waals surface area (Å²) in [4.78, 5) is 6.40. The molecular weight excluding hydrogens is 519 g/mol. The Morgan fingerprint density at radius 1 is 1.05 bits per heavy atom. The molecule has 2 aromatic carbocycles. The van der Waals surface area contributed by atoms with E-state index in [0.29, 0.717) is 34.2 Å². The molecule has 3 heterocycles. The van der Waals surface area contributed by atoms with Gasteiger partial charge in [0.2, 0.25) is 0 Å². The Bertz CT molecular complexity index is 1750. The van der Waals surface area contributed by atoms with Crippen molar-refractivity contribution in [1.29, 1.82) is 0 Å². The number of fused-ring (bicyclic) bond motifs is 1. The zero-order chi connectivity index (χ0) is 27.0. The first-order valence-corrected chi connectivity index (χ1v) is 13.0. The van der Waals surface area contributed by atoms with Gasteiger partial charge in [0, 0.05) is 48.8 Å². The highest BCUT2D eigenvalue weighted by Crippen LogP contribution is 2.39. The molecule has 0 aliphatic carbocycles. The molecule has 5 rings (SSSR count). The Morgan fingerprint density at radius 2 is 1.87 bits per heavy atom. The van der Waals surface area contributed by atoms with Gasteiger partial charge in [0.15, 0.2) is 5.82 Å². The van der Waals surface area contributed by atoms with Gasteiger partial charge >= 0.3 is 0 Å². The summed E-state index contributed by atoms with van der Waals surface area (Å²) in [7, 11) is -3.55. The molecular formula is C26H22F3N5O3S.